The number of hydrogen-bond acceptors (Lipinski definition) is 4. The molecule has 0 saturated carbocycles. The lowest BCUT2D eigenvalue weighted by molar-refractivity contribution is -0.142. The van der Waals surface area contributed by atoms with E-state index < -0.39 is 0 Å². The van der Waals surface area contributed by atoms with Crippen molar-refractivity contribution in [1.29, 1.82) is 0 Å². The molecule has 1 unspecified atom stereocenters. The summed E-state index contributed by atoms with van der Waals surface area (Å²) >= 11 is 1.75. The zero-order chi connectivity index (χ0) is 14.3. The molecule has 3 nitrogen and oxygen atoms in total. The highest BCUT2D eigenvalue weighted by molar-refractivity contribution is 7.98. The van der Waals surface area contributed by atoms with Crippen molar-refractivity contribution in [3.63, 3.8) is 0 Å². The van der Waals surface area contributed by atoms with Gasteiger partial charge in [0.2, 0.25) is 0 Å². The van der Waals surface area contributed by atoms with Crippen molar-refractivity contribution >= 4 is 17.7 Å². The summed E-state index contributed by atoms with van der Waals surface area (Å²) in [5.41, 5.74) is 2.61. The van der Waals surface area contributed by atoms with Crippen LogP contribution >= 0.6 is 11.8 Å². The fourth-order valence-corrected chi connectivity index (χ4v) is 2.92. The minimum absolute atomic E-state index is 0.189. The van der Waals surface area contributed by atoms with Gasteiger partial charge in [0.1, 0.15) is 6.04 Å². The van der Waals surface area contributed by atoms with Crippen molar-refractivity contribution < 1.29 is 9.53 Å². The van der Waals surface area contributed by atoms with Crippen molar-refractivity contribution in [2.45, 2.75) is 38.6 Å². The smallest absolute Gasteiger partial charge is 0.323 e. The average Bonchev–Trinajstić information content (AvgIpc) is 2.38. The van der Waals surface area contributed by atoms with Gasteiger partial charge >= 0.3 is 5.97 Å². The fraction of sp³-hybridized carbons (Fsp3) is 0.533. The van der Waals surface area contributed by atoms with Gasteiger partial charge in [0, 0.05) is 17.5 Å². The highest BCUT2D eigenvalue weighted by Gasteiger charge is 2.19. The van der Waals surface area contributed by atoms with Crippen LogP contribution in [0.3, 0.4) is 0 Å². The first-order valence-corrected chi connectivity index (χ1v) is 7.66. The maximum absolute atomic E-state index is 11.7. The number of benzene rings is 1. The highest BCUT2D eigenvalue weighted by atomic mass is 32.2. The summed E-state index contributed by atoms with van der Waals surface area (Å²) in [5.74, 6) is 1.45. The van der Waals surface area contributed by atoms with E-state index in [0.29, 0.717) is 0 Å². The summed E-state index contributed by atoms with van der Waals surface area (Å²) in [7, 11) is 1.43. The molecule has 1 N–H and O–H groups in total. The number of thioether (sulfide) groups is 1. The Bertz CT molecular complexity index is 407. The van der Waals surface area contributed by atoms with E-state index in [1.807, 2.05) is 26.0 Å². The molecule has 0 heterocycles. The van der Waals surface area contributed by atoms with Gasteiger partial charge in [-0.3, -0.25) is 4.79 Å². The van der Waals surface area contributed by atoms with Crippen LogP contribution in [0.4, 0.5) is 0 Å². The lowest BCUT2D eigenvalue weighted by Crippen LogP contribution is -2.43. The number of aryl methyl sites for hydroxylation is 1. The number of rotatable bonds is 7. The van der Waals surface area contributed by atoms with Crippen molar-refractivity contribution in [3.05, 3.63) is 35.4 Å². The van der Waals surface area contributed by atoms with Gasteiger partial charge in [0.25, 0.3) is 0 Å². The van der Waals surface area contributed by atoms with Crippen LogP contribution in [0.5, 0.6) is 0 Å². The van der Waals surface area contributed by atoms with Crippen LogP contribution in [0.15, 0.2) is 24.3 Å². The van der Waals surface area contributed by atoms with Crippen molar-refractivity contribution in [1.82, 2.24) is 5.32 Å². The largest absolute Gasteiger partial charge is 0.468 e. The van der Waals surface area contributed by atoms with E-state index in [0.717, 1.165) is 11.5 Å². The molecule has 1 aromatic carbocycles. The fourth-order valence-electron chi connectivity index (χ4n) is 1.79. The first kappa shape index (κ1) is 16.1. The van der Waals surface area contributed by atoms with Crippen LogP contribution in [0.2, 0.25) is 0 Å². The van der Waals surface area contributed by atoms with Crippen LogP contribution in [-0.2, 0) is 15.3 Å². The highest BCUT2D eigenvalue weighted by Crippen LogP contribution is 2.17. The minimum Gasteiger partial charge on any atom is -0.468 e. The van der Waals surface area contributed by atoms with Crippen LogP contribution in [0.25, 0.3) is 0 Å². The van der Waals surface area contributed by atoms with Crippen LogP contribution in [0, 0.1) is 6.92 Å². The summed E-state index contributed by atoms with van der Waals surface area (Å²) in [6.45, 7) is 6.17. The Kier molecular flexibility index (Phi) is 6.95. The zero-order valence-corrected chi connectivity index (χ0v) is 12.9. The van der Waals surface area contributed by atoms with E-state index in [-0.39, 0.29) is 18.1 Å². The Morgan fingerprint density at radius 3 is 2.63 bits per heavy atom. The molecule has 1 atom stereocenters. The monoisotopic (exact) mass is 281 g/mol. The van der Waals surface area contributed by atoms with E-state index in [4.69, 9.17) is 4.74 Å². The van der Waals surface area contributed by atoms with Gasteiger partial charge in [-0.05, 0) is 18.1 Å². The van der Waals surface area contributed by atoms with E-state index in [1.54, 1.807) is 11.8 Å². The summed E-state index contributed by atoms with van der Waals surface area (Å²) < 4.78 is 4.82. The molecule has 0 bridgehead atoms. The summed E-state index contributed by atoms with van der Waals surface area (Å²) in [4.78, 5) is 11.7. The third kappa shape index (κ3) is 5.66. The Labute approximate surface area is 120 Å². The number of methoxy groups -OCH3 is 1. The third-order valence-corrected chi connectivity index (χ3v) is 3.91. The van der Waals surface area contributed by atoms with Crippen LogP contribution < -0.4 is 5.32 Å². The predicted octanol–water partition coefficient (Wildman–Crippen LogP) is 2.77. The molecule has 0 aliphatic rings. The van der Waals surface area contributed by atoms with Gasteiger partial charge in [-0.25, -0.2) is 0 Å². The molecular formula is C15H23NO2S. The number of esters is 1. The van der Waals surface area contributed by atoms with Gasteiger partial charge in [-0.1, -0.05) is 38.1 Å². The Morgan fingerprint density at radius 1 is 1.37 bits per heavy atom. The second-order valence-electron chi connectivity index (χ2n) is 4.84. The lowest BCUT2D eigenvalue weighted by Gasteiger charge is -2.18. The normalized spacial score (nSPS) is 12.5. The van der Waals surface area contributed by atoms with Crippen LogP contribution in [0.1, 0.15) is 25.0 Å². The molecule has 4 heteroatoms. The first-order valence-electron chi connectivity index (χ1n) is 6.50. The maximum Gasteiger partial charge on any atom is 0.323 e. The standard InChI is InChI=1S/C15H23NO2S/c1-11(2)16-14(15(17)18-4)10-19-9-13-8-6-5-7-12(13)3/h5-8,11,14,16H,9-10H2,1-4H3. The number of nitrogens with one attached hydrogen (secondary N) is 1. The molecule has 0 aliphatic heterocycles. The quantitative estimate of drug-likeness (QED) is 0.780. The van der Waals surface area contributed by atoms with Gasteiger partial charge in [-0.2, -0.15) is 11.8 Å². The minimum atomic E-state index is -0.237. The van der Waals surface area contributed by atoms with E-state index in [2.05, 4.69) is 24.4 Å². The molecule has 19 heavy (non-hydrogen) atoms. The number of carbonyl (C=O) groups excluding carboxylic acids is 1. The van der Waals surface area contributed by atoms with Crippen molar-refractivity contribution in [2.75, 3.05) is 12.9 Å². The molecule has 0 spiro atoms. The molecule has 0 fully saturated rings. The van der Waals surface area contributed by atoms with E-state index >= 15 is 0 Å². The molecule has 1 aromatic rings. The summed E-state index contributed by atoms with van der Waals surface area (Å²) in [6.07, 6.45) is 0. The van der Waals surface area contributed by atoms with Gasteiger partial charge in [0.15, 0.2) is 0 Å². The third-order valence-electron chi connectivity index (χ3n) is 2.82. The second-order valence-corrected chi connectivity index (χ2v) is 5.87. The Balaban J connectivity index is 2.48. The SMILES string of the molecule is COC(=O)C(CSCc1ccccc1C)NC(C)C. The van der Waals surface area contributed by atoms with E-state index in [9.17, 15) is 4.79 Å². The van der Waals surface area contributed by atoms with Crippen molar-refractivity contribution in [2.24, 2.45) is 0 Å². The molecule has 0 aromatic heterocycles. The summed E-state index contributed by atoms with van der Waals surface area (Å²) in [5, 5.41) is 3.24. The Hall–Kier alpha value is -1.00. The second kappa shape index (κ2) is 8.23. The van der Waals surface area contributed by atoms with Gasteiger partial charge in [-0.15, -0.1) is 0 Å². The lowest BCUT2D eigenvalue weighted by atomic mass is 10.1. The molecule has 106 valence electrons. The topological polar surface area (TPSA) is 38.3 Å². The molecule has 0 aliphatic carbocycles. The molecule has 0 saturated heterocycles. The molecule has 1 rings (SSSR count). The first-order chi connectivity index (χ1) is 9.04. The van der Waals surface area contributed by atoms with Crippen LogP contribution in [-0.4, -0.2) is 30.9 Å². The number of hydrogen-bond donors (Lipinski definition) is 1. The molecule has 0 amide bonds. The maximum atomic E-state index is 11.7. The van der Waals surface area contributed by atoms with Gasteiger partial charge < -0.3 is 10.1 Å². The molecule has 0 radical (unpaired) electrons. The predicted molar refractivity (Wildman–Crippen MR) is 81.4 cm³/mol. The van der Waals surface area contributed by atoms with Crippen molar-refractivity contribution in [3.8, 4) is 0 Å². The zero-order valence-electron chi connectivity index (χ0n) is 12.1. The summed E-state index contributed by atoms with van der Waals surface area (Å²) in [6, 6.07) is 8.36. The number of carbonyl (C=O) groups is 1. The van der Waals surface area contributed by atoms with E-state index in [1.165, 1.54) is 18.2 Å². The number of ether oxygens (including phenoxy) is 1. The Morgan fingerprint density at radius 2 is 2.05 bits per heavy atom. The average molecular weight is 281 g/mol. The molecular weight excluding hydrogens is 258 g/mol. The van der Waals surface area contributed by atoms with Gasteiger partial charge in [0.05, 0.1) is 7.11 Å².